The highest BCUT2D eigenvalue weighted by molar-refractivity contribution is 6.09. The summed E-state index contributed by atoms with van der Waals surface area (Å²) in [6.45, 7) is 4.12. The predicted molar refractivity (Wildman–Crippen MR) is 124 cm³/mol. The first-order chi connectivity index (χ1) is 15.9. The first kappa shape index (κ1) is 23.4. The first-order valence-corrected chi connectivity index (χ1v) is 11.9. The number of ketones is 2. The molecule has 0 spiro atoms. The molecule has 1 saturated heterocycles. The maximum absolute atomic E-state index is 13.1. The van der Waals surface area contributed by atoms with Crippen molar-refractivity contribution < 1.29 is 18.8 Å². The number of piperidine rings is 1. The van der Waals surface area contributed by atoms with Gasteiger partial charge in [-0.2, -0.15) is 0 Å². The van der Waals surface area contributed by atoms with Gasteiger partial charge in [-0.05, 0) is 69.6 Å². The van der Waals surface area contributed by atoms with Crippen LogP contribution in [0.1, 0.15) is 69.6 Å². The average molecular weight is 454 g/mol. The number of nitrogens with zero attached hydrogens (tertiary/aromatic N) is 3. The van der Waals surface area contributed by atoms with E-state index in [1.807, 2.05) is 17.0 Å². The molecule has 0 bridgehead atoms. The lowest BCUT2D eigenvalue weighted by atomic mass is 9.89. The molecule has 2 aliphatic heterocycles. The number of carbonyl (C=O) groups is 3. The SMILES string of the molecule is CN1CCC(=O)c2cn(CCCCCN3CCC(C(=O)c4ccc(F)cc4)CC3)cc2C1=O. The molecule has 0 atom stereocenters. The lowest BCUT2D eigenvalue weighted by molar-refractivity contribution is 0.0795. The fraction of sp³-hybridized carbons (Fsp3) is 0.500. The van der Waals surface area contributed by atoms with Crippen LogP contribution in [0, 0.1) is 11.7 Å². The van der Waals surface area contributed by atoms with E-state index in [0.29, 0.717) is 29.7 Å². The van der Waals surface area contributed by atoms with Crippen molar-refractivity contribution in [2.24, 2.45) is 5.92 Å². The van der Waals surface area contributed by atoms with E-state index in [1.165, 1.54) is 12.1 Å². The minimum absolute atomic E-state index is 0.0279. The van der Waals surface area contributed by atoms with E-state index in [9.17, 15) is 18.8 Å². The smallest absolute Gasteiger partial charge is 0.255 e. The van der Waals surface area contributed by atoms with E-state index in [2.05, 4.69) is 4.90 Å². The molecule has 0 unspecified atom stereocenters. The zero-order valence-electron chi connectivity index (χ0n) is 19.3. The largest absolute Gasteiger partial charge is 0.353 e. The van der Waals surface area contributed by atoms with Crippen LogP contribution < -0.4 is 0 Å². The van der Waals surface area contributed by atoms with Gasteiger partial charge in [-0.3, -0.25) is 14.4 Å². The number of rotatable bonds is 8. The maximum Gasteiger partial charge on any atom is 0.255 e. The first-order valence-electron chi connectivity index (χ1n) is 11.9. The van der Waals surface area contributed by atoms with Crippen molar-refractivity contribution in [1.29, 1.82) is 0 Å². The highest BCUT2D eigenvalue weighted by Crippen LogP contribution is 2.23. The van der Waals surface area contributed by atoms with Crippen molar-refractivity contribution in [1.82, 2.24) is 14.4 Å². The summed E-state index contributed by atoms with van der Waals surface area (Å²) in [5.74, 6) is -0.190. The second-order valence-electron chi connectivity index (χ2n) is 9.27. The molecule has 0 saturated carbocycles. The van der Waals surface area contributed by atoms with E-state index in [1.54, 1.807) is 24.1 Å². The van der Waals surface area contributed by atoms with Gasteiger partial charge in [0.15, 0.2) is 11.6 Å². The fourth-order valence-corrected chi connectivity index (χ4v) is 4.82. The molecule has 7 heteroatoms. The summed E-state index contributed by atoms with van der Waals surface area (Å²) in [6, 6.07) is 5.86. The van der Waals surface area contributed by atoms with Crippen LogP contribution in [0.3, 0.4) is 0 Å². The molecule has 176 valence electrons. The third-order valence-electron chi connectivity index (χ3n) is 6.91. The fourth-order valence-electron chi connectivity index (χ4n) is 4.82. The number of aromatic nitrogens is 1. The maximum atomic E-state index is 13.1. The number of hydrogen-bond donors (Lipinski definition) is 0. The van der Waals surface area contributed by atoms with Gasteiger partial charge in [-0.15, -0.1) is 0 Å². The van der Waals surface area contributed by atoms with Gasteiger partial charge in [-0.1, -0.05) is 6.42 Å². The van der Waals surface area contributed by atoms with Crippen LogP contribution in [-0.4, -0.2) is 65.1 Å². The van der Waals surface area contributed by atoms with Crippen LogP contribution in [-0.2, 0) is 6.54 Å². The van der Waals surface area contributed by atoms with Gasteiger partial charge in [0.1, 0.15) is 5.82 Å². The number of Topliss-reactive ketones (excluding diaryl/α,β-unsaturated/α-hetero) is 2. The molecule has 0 radical (unpaired) electrons. The van der Waals surface area contributed by atoms with Crippen LogP contribution in [0.5, 0.6) is 0 Å². The molecule has 4 rings (SSSR count). The molecule has 2 aliphatic rings. The van der Waals surface area contributed by atoms with Crippen molar-refractivity contribution in [3.8, 4) is 0 Å². The Kier molecular flexibility index (Phi) is 7.38. The van der Waals surface area contributed by atoms with Crippen molar-refractivity contribution in [2.45, 2.75) is 45.1 Å². The Morgan fingerprint density at radius 2 is 1.61 bits per heavy atom. The Hall–Kier alpha value is -2.80. The van der Waals surface area contributed by atoms with Gasteiger partial charge in [0.25, 0.3) is 5.91 Å². The van der Waals surface area contributed by atoms with Crippen LogP contribution in [0.4, 0.5) is 4.39 Å². The second kappa shape index (κ2) is 10.4. The van der Waals surface area contributed by atoms with Gasteiger partial charge in [0.2, 0.25) is 0 Å². The van der Waals surface area contributed by atoms with Gasteiger partial charge in [0.05, 0.1) is 5.56 Å². The second-order valence-corrected chi connectivity index (χ2v) is 9.27. The summed E-state index contributed by atoms with van der Waals surface area (Å²) in [5.41, 5.74) is 1.69. The third-order valence-corrected chi connectivity index (χ3v) is 6.91. The number of likely N-dealkylation sites (tertiary alicyclic amines) is 1. The zero-order valence-corrected chi connectivity index (χ0v) is 19.3. The number of carbonyl (C=O) groups excluding carboxylic acids is 3. The Bertz CT molecular complexity index is 1010. The number of halogens is 1. The normalized spacial score (nSPS) is 17.8. The highest BCUT2D eigenvalue weighted by atomic mass is 19.1. The summed E-state index contributed by atoms with van der Waals surface area (Å²) < 4.78 is 15.1. The lowest BCUT2D eigenvalue weighted by Crippen LogP contribution is -2.36. The minimum atomic E-state index is -0.317. The van der Waals surface area contributed by atoms with Crippen LogP contribution >= 0.6 is 0 Å². The Morgan fingerprint density at radius 3 is 2.33 bits per heavy atom. The molecule has 33 heavy (non-hydrogen) atoms. The molecule has 6 nitrogen and oxygen atoms in total. The molecule has 1 aromatic heterocycles. The van der Waals surface area contributed by atoms with Gasteiger partial charge < -0.3 is 14.4 Å². The predicted octanol–water partition coefficient (Wildman–Crippen LogP) is 4.05. The molecular weight excluding hydrogens is 421 g/mol. The van der Waals surface area contributed by atoms with E-state index in [4.69, 9.17) is 0 Å². The van der Waals surface area contributed by atoms with Crippen LogP contribution in [0.25, 0.3) is 0 Å². The number of hydrogen-bond acceptors (Lipinski definition) is 4. The zero-order chi connectivity index (χ0) is 23.4. The summed E-state index contributed by atoms with van der Waals surface area (Å²) in [4.78, 5) is 41.4. The molecule has 2 aromatic rings. The molecule has 0 N–H and O–H groups in total. The number of unbranched alkanes of at least 4 members (excludes halogenated alkanes) is 2. The number of fused-ring (bicyclic) bond motifs is 1. The molecule has 0 aliphatic carbocycles. The topological polar surface area (TPSA) is 62.6 Å². The molecule has 1 aromatic carbocycles. The standard InChI is InChI=1S/C26H32FN3O3/c1-28-14-11-24(31)22-17-30(18-23(22)26(28)33)13-4-2-3-12-29-15-9-20(10-16-29)25(32)19-5-7-21(27)8-6-19/h5-8,17-18,20H,2-4,9-16H2,1H3. The van der Waals surface area contributed by atoms with Gasteiger partial charge in [-0.25, -0.2) is 4.39 Å². The van der Waals surface area contributed by atoms with E-state index < -0.39 is 0 Å². The Balaban J connectivity index is 1.16. The Labute approximate surface area is 194 Å². The van der Waals surface area contributed by atoms with Gasteiger partial charge in [0, 0.05) is 56.0 Å². The summed E-state index contributed by atoms with van der Waals surface area (Å²) in [6.07, 6.45) is 8.87. The molecular formula is C26H32FN3O3. The quantitative estimate of drug-likeness (QED) is 0.447. The number of benzene rings is 1. The number of aryl methyl sites for hydroxylation is 1. The van der Waals surface area contributed by atoms with Crippen molar-refractivity contribution in [2.75, 3.05) is 33.2 Å². The molecule has 3 heterocycles. The van der Waals surface area contributed by atoms with E-state index in [0.717, 1.165) is 58.3 Å². The molecule has 1 fully saturated rings. The van der Waals surface area contributed by atoms with Crippen molar-refractivity contribution >= 4 is 17.5 Å². The summed E-state index contributed by atoms with van der Waals surface area (Å²) >= 11 is 0. The summed E-state index contributed by atoms with van der Waals surface area (Å²) in [7, 11) is 1.74. The molecule has 1 amide bonds. The summed E-state index contributed by atoms with van der Waals surface area (Å²) in [5, 5.41) is 0. The van der Waals surface area contributed by atoms with Crippen LogP contribution in [0.15, 0.2) is 36.7 Å². The third kappa shape index (κ3) is 5.58. The average Bonchev–Trinajstić information content (AvgIpc) is 3.22. The lowest BCUT2D eigenvalue weighted by Gasteiger charge is -2.31. The van der Waals surface area contributed by atoms with Crippen molar-refractivity contribution in [3.63, 3.8) is 0 Å². The monoisotopic (exact) mass is 453 g/mol. The van der Waals surface area contributed by atoms with Gasteiger partial charge >= 0.3 is 0 Å². The van der Waals surface area contributed by atoms with E-state index in [-0.39, 0.29) is 29.2 Å². The highest BCUT2D eigenvalue weighted by Gasteiger charge is 2.27. The van der Waals surface area contributed by atoms with Crippen molar-refractivity contribution in [3.05, 3.63) is 59.2 Å². The van der Waals surface area contributed by atoms with E-state index >= 15 is 0 Å². The minimum Gasteiger partial charge on any atom is -0.353 e. The number of amides is 1. The van der Waals surface area contributed by atoms with Crippen LogP contribution in [0.2, 0.25) is 0 Å². The Morgan fingerprint density at radius 1 is 0.939 bits per heavy atom.